The minimum Gasteiger partial charge on any atom is -0.497 e. The predicted molar refractivity (Wildman–Crippen MR) is 120 cm³/mol. The van der Waals surface area contributed by atoms with Crippen molar-refractivity contribution in [1.29, 1.82) is 0 Å². The van der Waals surface area contributed by atoms with Crippen LogP contribution < -0.4 is 9.47 Å². The van der Waals surface area contributed by atoms with Crippen molar-refractivity contribution < 1.29 is 14.3 Å². The third-order valence-electron chi connectivity index (χ3n) is 4.87. The molecule has 3 aromatic carbocycles. The fourth-order valence-electron chi connectivity index (χ4n) is 3.46. The summed E-state index contributed by atoms with van der Waals surface area (Å²) in [6.07, 6.45) is 0. The zero-order valence-electron chi connectivity index (χ0n) is 16.9. The number of hydrogen-bond donors (Lipinski definition) is 0. The Balaban J connectivity index is 1.90. The van der Waals surface area contributed by atoms with Gasteiger partial charge in [0, 0.05) is 10.9 Å². The Bertz CT molecular complexity index is 1270. The van der Waals surface area contributed by atoms with Gasteiger partial charge in [-0.05, 0) is 55.8 Å². The van der Waals surface area contributed by atoms with E-state index in [-0.39, 0.29) is 0 Å². The number of carbonyl (C=O) groups is 1. The lowest BCUT2D eigenvalue weighted by Crippen LogP contribution is -2.11. The number of nitrogens with zero attached hydrogens (tertiary/aromatic N) is 1. The number of ether oxygens (including phenoxy) is 2. The molecule has 4 aromatic rings. The molecule has 0 aliphatic carbocycles. The van der Waals surface area contributed by atoms with E-state index in [1.807, 2.05) is 50.2 Å². The number of fused-ring (bicyclic) bond motifs is 1. The molecule has 0 N–H and O–H groups in total. The van der Waals surface area contributed by atoms with E-state index in [1.165, 1.54) is 0 Å². The van der Waals surface area contributed by atoms with Gasteiger partial charge in [-0.25, -0.2) is 9.78 Å². The van der Waals surface area contributed by atoms with Crippen molar-refractivity contribution in [3.05, 3.63) is 88.4 Å². The van der Waals surface area contributed by atoms with E-state index in [2.05, 4.69) is 0 Å². The number of aromatic nitrogens is 1. The van der Waals surface area contributed by atoms with Gasteiger partial charge in [-0.1, -0.05) is 47.5 Å². The van der Waals surface area contributed by atoms with Crippen LogP contribution in [0.4, 0.5) is 0 Å². The van der Waals surface area contributed by atoms with Gasteiger partial charge in [0.1, 0.15) is 11.5 Å². The van der Waals surface area contributed by atoms with Crippen LogP contribution in [0, 0.1) is 13.8 Å². The first-order valence-electron chi connectivity index (χ1n) is 9.49. The maximum atomic E-state index is 13.2. The number of aryl methyl sites for hydroxylation is 2. The molecular formula is C25H20ClNO3. The number of benzene rings is 3. The summed E-state index contributed by atoms with van der Waals surface area (Å²) in [5, 5.41) is 1.13. The Kier molecular flexibility index (Phi) is 5.42. The number of para-hydroxylation sites is 1. The molecular weight excluding hydrogens is 398 g/mol. The van der Waals surface area contributed by atoms with Crippen molar-refractivity contribution in [3.63, 3.8) is 0 Å². The predicted octanol–water partition coefficient (Wildman–Crippen LogP) is 6.40. The maximum absolute atomic E-state index is 13.2. The molecule has 1 heterocycles. The molecule has 0 radical (unpaired) electrons. The van der Waals surface area contributed by atoms with Gasteiger partial charge >= 0.3 is 5.97 Å². The topological polar surface area (TPSA) is 48.4 Å². The molecule has 0 saturated carbocycles. The van der Waals surface area contributed by atoms with Crippen molar-refractivity contribution in [1.82, 2.24) is 4.98 Å². The SMILES string of the molecule is COc1cccc(-c2cc(C(=O)Oc3ccccc3Cl)c3cc(C)cc(C)c3n2)c1. The monoisotopic (exact) mass is 417 g/mol. The average Bonchev–Trinajstić information content (AvgIpc) is 2.74. The number of carbonyl (C=O) groups excluding carboxylic acids is 1. The summed E-state index contributed by atoms with van der Waals surface area (Å²) in [7, 11) is 1.62. The first-order valence-corrected chi connectivity index (χ1v) is 9.87. The molecule has 0 spiro atoms. The van der Waals surface area contributed by atoms with E-state index in [9.17, 15) is 4.79 Å². The minimum absolute atomic E-state index is 0.321. The lowest BCUT2D eigenvalue weighted by Gasteiger charge is -2.13. The van der Waals surface area contributed by atoms with Gasteiger partial charge in [-0.3, -0.25) is 0 Å². The molecule has 5 heteroatoms. The molecule has 4 rings (SSSR count). The Labute approximate surface area is 180 Å². The van der Waals surface area contributed by atoms with E-state index in [0.29, 0.717) is 22.0 Å². The average molecular weight is 418 g/mol. The molecule has 0 saturated heterocycles. The zero-order valence-corrected chi connectivity index (χ0v) is 17.7. The minimum atomic E-state index is -0.482. The van der Waals surface area contributed by atoms with Gasteiger partial charge < -0.3 is 9.47 Å². The first kappa shape index (κ1) is 19.9. The number of esters is 1. The number of hydrogen-bond acceptors (Lipinski definition) is 4. The third-order valence-corrected chi connectivity index (χ3v) is 5.19. The Morgan fingerprint density at radius 2 is 1.77 bits per heavy atom. The van der Waals surface area contributed by atoms with Crippen LogP contribution in [0.3, 0.4) is 0 Å². The highest BCUT2D eigenvalue weighted by Gasteiger charge is 2.18. The summed E-state index contributed by atoms with van der Waals surface area (Å²) in [5.74, 6) is 0.557. The van der Waals surface area contributed by atoms with E-state index in [4.69, 9.17) is 26.1 Å². The van der Waals surface area contributed by atoms with Crippen molar-refractivity contribution in [2.24, 2.45) is 0 Å². The van der Waals surface area contributed by atoms with E-state index >= 15 is 0 Å². The summed E-state index contributed by atoms with van der Waals surface area (Å²) in [5.41, 5.74) is 4.74. The zero-order chi connectivity index (χ0) is 21.3. The van der Waals surface area contributed by atoms with Crippen LogP contribution in [0.15, 0.2) is 66.7 Å². The second-order valence-electron chi connectivity index (χ2n) is 7.08. The van der Waals surface area contributed by atoms with E-state index in [1.54, 1.807) is 37.4 Å². The molecule has 0 aliphatic rings. The molecule has 0 amide bonds. The van der Waals surface area contributed by atoms with Crippen LogP contribution in [0.25, 0.3) is 22.2 Å². The molecule has 0 bridgehead atoms. The second kappa shape index (κ2) is 8.17. The molecule has 0 aliphatic heterocycles. The summed E-state index contributed by atoms with van der Waals surface area (Å²) in [4.78, 5) is 18.0. The first-order chi connectivity index (χ1) is 14.5. The van der Waals surface area contributed by atoms with Crippen LogP contribution in [0.1, 0.15) is 21.5 Å². The Hall–Kier alpha value is -3.37. The number of rotatable bonds is 4. The lowest BCUT2D eigenvalue weighted by molar-refractivity contribution is 0.0737. The Morgan fingerprint density at radius 1 is 0.967 bits per heavy atom. The molecule has 1 aromatic heterocycles. The summed E-state index contributed by atoms with van der Waals surface area (Å²) in [6.45, 7) is 3.98. The molecule has 0 unspecified atom stereocenters. The van der Waals surface area contributed by atoms with Gasteiger partial charge in [0.25, 0.3) is 0 Å². The van der Waals surface area contributed by atoms with Crippen LogP contribution in [-0.2, 0) is 0 Å². The highest BCUT2D eigenvalue weighted by atomic mass is 35.5. The molecule has 0 fully saturated rings. The molecule has 0 atom stereocenters. The van der Waals surface area contributed by atoms with Gasteiger partial charge in [0.05, 0.1) is 28.9 Å². The molecule has 150 valence electrons. The van der Waals surface area contributed by atoms with Crippen molar-refractivity contribution in [3.8, 4) is 22.8 Å². The van der Waals surface area contributed by atoms with Gasteiger partial charge in [0.15, 0.2) is 0 Å². The highest BCUT2D eigenvalue weighted by molar-refractivity contribution is 6.32. The van der Waals surface area contributed by atoms with Crippen molar-refractivity contribution in [2.75, 3.05) is 7.11 Å². The van der Waals surface area contributed by atoms with Gasteiger partial charge in [0.2, 0.25) is 0 Å². The van der Waals surface area contributed by atoms with E-state index in [0.717, 1.165) is 33.3 Å². The second-order valence-corrected chi connectivity index (χ2v) is 7.49. The number of pyridine rings is 1. The quantitative estimate of drug-likeness (QED) is 0.285. The van der Waals surface area contributed by atoms with Crippen LogP contribution in [0.5, 0.6) is 11.5 Å². The number of halogens is 1. The third kappa shape index (κ3) is 3.87. The summed E-state index contributed by atoms with van der Waals surface area (Å²) >= 11 is 6.18. The van der Waals surface area contributed by atoms with Crippen LogP contribution in [0.2, 0.25) is 5.02 Å². The van der Waals surface area contributed by atoms with Crippen molar-refractivity contribution >= 4 is 28.5 Å². The highest BCUT2D eigenvalue weighted by Crippen LogP contribution is 2.31. The smallest absolute Gasteiger partial charge is 0.344 e. The standard InChI is InChI=1S/C25H20ClNO3/c1-15-11-16(2)24-19(12-15)20(25(28)30-23-10-5-4-9-21(23)26)14-22(27-24)17-7-6-8-18(13-17)29-3/h4-14H,1-3H3. The summed E-state index contributed by atoms with van der Waals surface area (Å²) in [6, 6.07) is 20.3. The Morgan fingerprint density at radius 3 is 2.53 bits per heavy atom. The molecule has 4 nitrogen and oxygen atoms in total. The summed E-state index contributed by atoms with van der Waals surface area (Å²) < 4.78 is 11.0. The number of methoxy groups -OCH3 is 1. The van der Waals surface area contributed by atoms with E-state index < -0.39 is 5.97 Å². The van der Waals surface area contributed by atoms with Crippen LogP contribution in [-0.4, -0.2) is 18.1 Å². The molecule has 30 heavy (non-hydrogen) atoms. The normalized spacial score (nSPS) is 10.8. The maximum Gasteiger partial charge on any atom is 0.344 e. The fourth-order valence-corrected chi connectivity index (χ4v) is 3.64. The van der Waals surface area contributed by atoms with Gasteiger partial charge in [-0.15, -0.1) is 0 Å². The largest absolute Gasteiger partial charge is 0.497 e. The van der Waals surface area contributed by atoms with Crippen molar-refractivity contribution in [2.45, 2.75) is 13.8 Å². The van der Waals surface area contributed by atoms with Gasteiger partial charge in [-0.2, -0.15) is 0 Å². The lowest BCUT2D eigenvalue weighted by atomic mass is 9.99. The fraction of sp³-hybridized carbons (Fsp3) is 0.120. The van der Waals surface area contributed by atoms with Crippen LogP contribution >= 0.6 is 11.6 Å².